The number of carbonyl (C=O) groups excluding carboxylic acids is 11. The normalized spacial score (nSPS) is 29.9. The third kappa shape index (κ3) is 21.0. The summed E-state index contributed by atoms with van der Waals surface area (Å²) in [6, 6.07) is -8.21. The summed E-state index contributed by atoms with van der Waals surface area (Å²) in [6.07, 6.45) is -10.8. The molecular weight excluding hydrogens is 1020 g/mol. The van der Waals surface area contributed by atoms with Gasteiger partial charge in [0, 0.05) is 0 Å². The zero-order chi connectivity index (χ0) is 60.5. The zero-order valence-electron chi connectivity index (χ0n) is 49.6. The summed E-state index contributed by atoms with van der Waals surface area (Å²) in [5, 5.41) is 26.6. The Morgan fingerprint density at radius 2 is 0.513 bits per heavy atom. The maximum Gasteiger partial charge on any atom is 0.329 e. The van der Waals surface area contributed by atoms with Crippen molar-refractivity contribution < 1.29 is 86.3 Å². The van der Waals surface area contributed by atoms with Gasteiger partial charge in [0.25, 0.3) is 29.5 Å². The van der Waals surface area contributed by atoms with E-state index in [-0.39, 0.29) is 0 Å². The topological polar surface area (TPSA) is 336 Å². The van der Waals surface area contributed by atoms with E-state index in [9.17, 15) is 57.8 Å². The van der Waals surface area contributed by atoms with Crippen molar-refractivity contribution in [1.29, 1.82) is 0 Å². The SMILES string of the molecule is CC(C)[C@@H]1NC(=O)[C@H](C(C)C)OC(=O)[C@@H](C)NC(=O)[C@@H](C(C)C)OC(=O)[C@H](C(C)C)NC(=O)[C@H](C(C)C)OC(=O)[C@@H](C)NC(=O)[C@@H](C(C)C)OC(=O)[C@H](C(C)C)NC(=O)[C@H](C(C)C)OC(=O)[C@@H](C)NC(=O)[C@@H](C(C)C)OC1O. The van der Waals surface area contributed by atoms with Crippen LogP contribution in [0.3, 0.4) is 0 Å². The highest BCUT2D eigenvalue weighted by atomic mass is 16.6. The minimum Gasteiger partial charge on any atom is -0.450 e. The van der Waals surface area contributed by atoms with Crippen molar-refractivity contribution in [1.82, 2.24) is 31.9 Å². The molecule has 0 aromatic rings. The minimum atomic E-state index is -1.84. The van der Waals surface area contributed by atoms with Crippen LogP contribution in [0.15, 0.2) is 0 Å². The highest BCUT2D eigenvalue weighted by Gasteiger charge is 2.42. The maximum atomic E-state index is 13.9. The van der Waals surface area contributed by atoms with Crippen LogP contribution >= 0.6 is 0 Å². The lowest BCUT2D eigenvalue weighted by atomic mass is 10.0. The van der Waals surface area contributed by atoms with Gasteiger partial charge in [0.15, 0.2) is 36.8 Å². The molecule has 0 saturated carbocycles. The predicted molar refractivity (Wildman–Crippen MR) is 282 cm³/mol. The standard InChI is InChI=1S/C54H92N6O18/c1-22(2)34-52(70)76-37(25(7)8)43(61)55-32(20)50(68)74-41(29(15)16)47(65)59-36(24(5)6)54(72)78-39(27(11)12)45(63)57-33(21)51(69)75-42(30(17)18)48(66)60-35(23(3)4)53(71)77-38(26(9)10)44(62)56-31(19)49(67)73-40(28(13)14)46(64)58-34/h22-42,52,70H,1-21H3,(H,55,61)(H,56,62)(H,57,63)(H,58,64)(H,59,65)(H,60,66)/t31-,32-,33-,34+,35+,36+,37-,38-,39-,40+,41+,42+,52?/m1/s1. The predicted octanol–water partition coefficient (Wildman–Crippen LogP) is 2.14. The third-order valence-corrected chi connectivity index (χ3v) is 12.6. The van der Waals surface area contributed by atoms with Crippen LogP contribution in [0.4, 0.5) is 0 Å². The molecule has 1 aliphatic rings. The number of amides is 6. The van der Waals surface area contributed by atoms with E-state index in [0.29, 0.717) is 0 Å². The molecule has 1 aliphatic heterocycles. The lowest BCUT2D eigenvalue weighted by Crippen LogP contribution is -2.56. The van der Waals surface area contributed by atoms with Crippen molar-refractivity contribution in [2.75, 3.05) is 0 Å². The summed E-state index contributed by atoms with van der Waals surface area (Å²) in [7, 11) is 0. The molecule has 1 fully saturated rings. The van der Waals surface area contributed by atoms with Gasteiger partial charge in [0.2, 0.25) is 5.91 Å². The Labute approximate surface area is 460 Å². The molecule has 446 valence electrons. The molecule has 0 bridgehead atoms. The van der Waals surface area contributed by atoms with Crippen molar-refractivity contribution in [2.45, 2.75) is 225 Å². The second-order valence-corrected chi connectivity index (χ2v) is 23.1. The third-order valence-electron chi connectivity index (χ3n) is 12.6. The summed E-state index contributed by atoms with van der Waals surface area (Å²) in [5.41, 5.74) is 0. The molecule has 1 unspecified atom stereocenters. The van der Waals surface area contributed by atoms with Crippen molar-refractivity contribution in [2.24, 2.45) is 53.3 Å². The van der Waals surface area contributed by atoms with Crippen LogP contribution in [-0.2, 0) is 81.2 Å². The lowest BCUT2D eigenvalue weighted by Gasteiger charge is -2.33. The molecule has 78 heavy (non-hydrogen) atoms. The van der Waals surface area contributed by atoms with E-state index in [0.717, 1.165) is 0 Å². The number of aliphatic hydroxyl groups excluding tert-OH is 1. The van der Waals surface area contributed by atoms with Gasteiger partial charge >= 0.3 is 29.8 Å². The van der Waals surface area contributed by atoms with Crippen molar-refractivity contribution in [3.63, 3.8) is 0 Å². The molecule has 1 rings (SSSR count). The van der Waals surface area contributed by atoms with Gasteiger partial charge in [-0.1, -0.05) is 125 Å². The Bertz CT molecular complexity index is 2090. The van der Waals surface area contributed by atoms with Crippen molar-refractivity contribution in [3.05, 3.63) is 0 Å². The zero-order valence-corrected chi connectivity index (χ0v) is 49.6. The molecule has 1 heterocycles. The molecule has 0 aromatic carbocycles. The van der Waals surface area contributed by atoms with E-state index in [2.05, 4.69) is 31.9 Å². The van der Waals surface area contributed by atoms with Gasteiger partial charge in [-0.3, -0.25) is 28.8 Å². The number of rotatable bonds is 9. The molecule has 1 saturated heterocycles. The summed E-state index contributed by atoms with van der Waals surface area (Å²) >= 11 is 0. The largest absolute Gasteiger partial charge is 0.450 e. The fourth-order valence-corrected chi connectivity index (χ4v) is 7.64. The summed E-state index contributed by atoms with van der Waals surface area (Å²) in [5.74, 6) is -16.4. The number of carbonyl (C=O) groups is 11. The number of hydrogen-bond donors (Lipinski definition) is 7. The van der Waals surface area contributed by atoms with Crippen molar-refractivity contribution >= 4 is 65.3 Å². The highest BCUT2D eigenvalue weighted by Crippen LogP contribution is 2.21. The molecule has 24 heteroatoms. The second kappa shape index (κ2) is 31.6. The smallest absolute Gasteiger partial charge is 0.329 e. The molecule has 0 aromatic heterocycles. The van der Waals surface area contributed by atoms with Crippen LogP contribution in [0, 0.1) is 53.3 Å². The van der Waals surface area contributed by atoms with E-state index in [1.54, 1.807) is 125 Å². The van der Waals surface area contributed by atoms with Gasteiger partial charge in [-0.2, -0.15) is 0 Å². The van der Waals surface area contributed by atoms with Crippen molar-refractivity contribution in [3.8, 4) is 0 Å². The quantitative estimate of drug-likeness (QED) is 0.128. The maximum absolute atomic E-state index is 13.9. The van der Waals surface area contributed by atoms with E-state index in [1.807, 2.05) is 0 Å². The number of aliphatic hydroxyl groups is 1. The molecule has 0 spiro atoms. The van der Waals surface area contributed by atoms with Gasteiger partial charge in [-0.05, 0) is 74.0 Å². The highest BCUT2D eigenvalue weighted by molar-refractivity contribution is 5.95. The van der Waals surface area contributed by atoms with E-state index in [1.165, 1.54) is 20.8 Å². The summed E-state index contributed by atoms with van der Waals surface area (Å²) < 4.78 is 34.0. The first-order valence-electron chi connectivity index (χ1n) is 27.0. The molecular formula is C54H92N6O18. The fraction of sp³-hybridized carbons (Fsp3) is 0.796. The minimum absolute atomic E-state index is 0.550. The molecule has 0 radical (unpaired) electrons. The number of ether oxygens (including phenoxy) is 6. The Hall–Kier alpha value is -5.91. The molecule has 6 amide bonds. The number of esters is 5. The van der Waals surface area contributed by atoms with E-state index >= 15 is 0 Å². The van der Waals surface area contributed by atoms with Gasteiger partial charge in [0.1, 0.15) is 36.3 Å². The monoisotopic (exact) mass is 1110 g/mol. The van der Waals surface area contributed by atoms with Gasteiger partial charge in [0.05, 0.1) is 6.04 Å². The van der Waals surface area contributed by atoms with E-state index in [4.69, 9.17) is 28.4 Å². The van der Waals surface area contributed by atoms with Crippen LogP contribution in [0.5, 0.6) is 0 Å². The first-order valence-corrected chi connectivity index (χ1v) is 27.0. The number of nitrogens with one attached hydrogen (secondary N) is 6. The number of hydrogen-bond acceptors (Lipinski definition) is 18. The summed E-state index contributed by atoms with van der Waals surface area (Å²) in [6.45, 7) is 32.5. The molecule has 13 atom stereocenters. The van der Waals surface area contributed by atoms with Crippen LogP contribution in [0.25, 0.3) is 0 Å². The van der Waals surface area contributed by atoms with Crippen LogP contribution in [-0.4, -0.2) is 150 Å². The Morgan fingerprint density at radius 3 is 0.744 bits per heavy atom. The lowest BCUT2D eigenvalue weighted by molar-refractivity contribution is -0.184. The summed E-state index contributed by atoms with van der Waals surface area (Å²) in [4.78, 5) is 151. The van der Waals surface area contributed by atoms with Crippen LogP contribution < -0.4 is 31.9 Å². The average Bonchev–Trinajstić information content (AvgIpc) is 3.31. The van der Waals surface area contributed by atoms with Crippen LogP contribution in [0.2, 0.25) is 0 Å². The molecule has 24 nitrogen and oxygen atoms in total. The van der Waals surface area contributed by atoms with Gasteiger partial charge in [-0.15, -0.1) is 0 Å². The Kier molecular flexibility index (Phi) is 28.4. The molecule has 0 aliphatic carbocycles. The Balaban J connectivity index is 3.86. The Morgan fingerprint density at radius 1 is 0.295 bits per heavy atom. The fourth-order valence-electron chi connectivity index (χ4n) is 7.64. The first kappa shape index (κ1) is 70.1. The van der Waals surface area contributed by atoms with E-state index < -0.39 is 198 Å². The molecule has 7 N–H and O–H groups in total. The second-order valence-electron chi connectivity index (χ2n) is 23.1. The first-order chi connectivity index (χ1) is 35.9. The average molecular weight is 1110 g/mol. The van der Waals surface area contributed by atoms with Gasteiger partial charge in [-0.25, -0.2) is 24.0 Å². The number of cyclic esters (lactones) is 5. The van der Waals surface area contributed by atoms with Gasteiger partial charge < -0.3 is 65.4 Å². The van der Waals surface area contributed by atoms with Crippen LogP contribution in [0.1, 0.15) is 145 Å².